The lowest BCUT2D eigenvalue weighted by atomic mass is 10.3. The van der Waals surface area contributed by atoms with Crippen molar-refractivity contribution >= 4 is 11.7 Å². The molecule has 0 aliphatic rings. The number of hydrogen-bond donors (Lipinski definition) is 1. The molecule has 22 heavy (non-hydrogen) atoms. The number of carbonyl (C=O) groups excluding carboxylic acids is 1. The van der Waals surface area contributed by atoms with E-state index in [0.29, 0.717) is 18.0 Å². The molecule has 0 aromatic carbocycles. The normalized spacial score (nSPS) is 10.5. The van der Waals surface area contributed by atoms with Crippen LogP contribution in [0.15, 0.2) is 35.2 Å². The van der Waals surface area contributed by atoms with E-state index in [9.17, 15) is 4.79 Å². The molecule has 0 fully saturated rings. The van der Waals surface area contributed by atoms with Crippen LogP contribution in [0.5, 0.6) is 0 Å². The Hall–Kier alpha value is -2.37. The van der Waals surface area contributed by atoms with Crippen molar-refractivity contribution in [2.24, 2.45) is 0 Å². The minimum absolute atomic E-state index is 0.229. The third kappa shape index (κ3) is 4.31. The zero-order valence-corrected chi connectivity index (χ0v) is 13.1. The molecule has 118 valence electrons. The smallest absolute Gasteiger partial charge is 0.270 e. The van der Waals surface area contributed by atoms with Crippen LogP contribution in [0.25, 0.3) is 0 Å². The van der Waals surface area contributed by atoms with Gasteiger partial charge in [0.1, 0.15) is 23.6 Å². The summed E-state index contributed by atoms with van der Waals surface area (Å²) in [6.45, 7) is 6.43. The number of furan rings is 1. The predicted octanol–water partition coefficient (Wildman–Crippen LogP) is 2.63. The fourth-order valence-corrected chi connectivity index (χ4v) is 2.20. The number of aromatic nitrogens is 2. The van der Waals surface area contributed by atoms with Gasteiger partial charge in [0.05, 0.1) is 12.8 Å². The van der Waals surface area contributed by atoms with Crippen molar-refractivity contribution in [2.45, 2.75) is 33.2 Å². The Morgan fingerprint density at radius 1 is 1.27 bits per heavy atom. The number of anilines is 1. The molecule has 0 unspecified atom stereocenters. The molecule has 2 heterocycles. The fourth-order valence-electron chi connectivity index (χ4n) is 2.20. The van der Waals surface area contributed by atoms with E-state index in [1.165, 1.54) is 6.33 Å². The van der Waals surface area contributed by atoms with Gasteiger partial charge in [0.15, 0.2) is 0 Å². The van der Waals surface area contributed by atoms with Gasteiger partial charge in [0.25, 0.3) is 5.91 Å². The molecule has 6 heteroatoms. The Kier molecular flexibility index (Phi) is 5.94. The highest BCUT2D eigenvalue weighted by Crippen LogP contribution is 2.12. The van der Waals surface area contributed by atoms with Gasteiger partial charge >= 0.3 is 0 Å². The molecule has 0 saturated carbocycles. The number of rotatable bonds is 8. The van der Waals surface area contributed by atoms with Crippen LogP contribution in [-0.2, 0) is 6.54 Å². The summed E-state index contributed by atoms with van der Waals surface area (Å²) in [5.41, 5.74) is 0.369. The van der Waals surface area contributed by atoms with Crippen molar-refractivity contribution in [2.75, 3.05) is 18.0 Å². The third-order valence-electron chi connectivity index (χ3n) is 3.20. The van der Waals surface area contributed by atoms with Crippen molar-refractivity contribution in [1.29, 1.82) is 0 Å². The Balaban J connectivity index is 2.04. The molecular formula is C16H22N4O2. The highest BCUT2D eigenvalue weighted by atomic mass is 16.3. The molecule has 0 saturated heterocycles. The molecule has 0 spiro atoms. The van der Waals surface area contributed by atoms with E-state index in [2.05, 4.69) is 34.0 Å². The van der Waals surface area contributed by atoms with Crippen LogP contribution in [0, 0.1) is 0 Å². The molecule has 6 nitrogen and oxygen atoms in total. The zero-order valence-electron chi connectivity index (χ0n) is 13.1. The summed E-state index contributed by atoms with van der Waals surface area (Å²) in [6.07, 6.45) is 5.08. The Morgan fingerprint density at radius 3 is 2.68 bits per heavy atom. The molecule has 0 bridgehead atoms. The van der Waals surface area contributed by atoms with E-state index in [1.807, 2.05) is 6.07 Å². The largest absolute Gasteiger partial charge is 0.467 e. The van der Waals surface area contributed by atoms with E-state index in [-0.39, 0.29) is 5.91 Å². The first kappa shape index (κ1) is 16.0. The third-order valence-corrected chi connectivity index (χ3v) is 3.20. The van der Waals surface area contributed by atoms with Crippen molar-refractivity contribution < 1.29 is 9.21 Å². The monoisotopic (exact) mass is 302 g/mol. The Bertz CT molecular complexity index is 578. The second kappa shape index (κ2) is 8.17. The van der Waals surface area contributed by atoms with Gasteiger partial charge in [0, 0.05) is 19.2 Å². The van der Waals surface area contributed by atoms with E-state index < -0.39 is 0 Å². The van der Waals surface area contributed by atoms with Crippen LogP contribution >= 0.6 is 0 Å². The summed E-state index contributed by atoms with van der Waals surface area (Å²) in [5.74, 6) is 1.27. The van der Waals surface area contributed by atoms with Crippen LogP contribution in [0.3, 0.4) is 0 Å². The van der Waals surface area contributed by atoms with Crippen LogP contribution in [0.2, 0.25) is 0 Å². The summed E-state index contributed by atoms with van der Waals surface area (Å²) in [7, 11) is 0. The first-order chi connectivity index (χ1) is 10.7. The topological polar surface area (TPSA) is 71.3 Å². The molecule has 0 aliphatic heterocycles. The van der Waals surface area contributed by atoms with Gasteiger partial charge in [-0.25, -0.2) is 9.97 Å². The lowest BCUT2D eigenvalue weighted by molar-refractivity contribution is 0.0943. The first-order valence-corrected chi connectivity index (χ1v) is 7.62. The van der Waals surface area contributed by atoms with Crippen LogP contribution in [0.4, 0.5) is 5.82 Å². The fraction of sp³-hybridized carbons (Fsp3) is 0.438. The molecule has 0 aliphatic carbocycles. The van der Waals surface area contributed by atoms with E-state index in [0.717, 1.165) is 31.7 Å². The van der Waals surface area contributed by atoms with Gasteiger partial charge in [-0.3, -0.25) is 4.79 Å². The van der Waals surface area contributed by atoms with E-state index >= 15 is 0 Å². The van der Waals surface area contributed by atoms with Crippen LogP contribution in [-0.4, -0.2) is 29.0 Å². The van der Waals surface area contributed by atoms with Crippen molar-refractivity contribution in [1.82, 2.24) is 15.3 Å². The molecule has 0 radical (unpaired) electrons. The van der Waals surface area contributed by atoms with Gasteiger partial charge in [-0.2, -0.15) is 0 Å². The average molecular weight is 302 g/mol. The number of nitrogens with zero attached hydrogens (tertiary/aromatic N) is 3. The minimum atomic E-state index is -0.229. The second-order valence-electron chi connectivity index (χ2n) is 5.01. The SMILES string of the molecule is CCCN(CCC)c1cc(C(=O)NCc2ccco2)ncn1. The van der Waals surface area contributed by atoms with Crippen LogP contribution in [0.1, 0.15) is 42.9 Å². The van der Waals surface area contributed by atoms with E-state index in [4.69, 9.17) is 4.42 Å². The summed E-state index contributed by atoms with van der Waals surface area (Å²) in [5, 5.41) is 2.79. The molecule has 0 atom stereocenters. The Labute approximate surface area is 130 Å². The molecule has 2 aromatic heterocycles. The van der Waals surface area contributed by atoms with Crippen molar-refractivity contribution in [3.8, 4) is 0 Å². The maximum absolute atomic E-state index is 12.2. The molecule has 2 aromatic rings. The van der Waals surface area contributed by atoms with Gasteiger partial charge in [-0.1, -0.05) is 13.8 Å². The van der Waals surface area contributed by atoms with E-state index in [1.54, 1.807) is 18.4 Å². The zero-order chi connectivity index (χ0) is 15.8. The van der Waals surface area contributed by atoms with Gasteiger partial charge < -0.3 is 14.6 Å². The van der Waals surface area contributed by atoms with Crippen LogP contribution < -0.4 is 10.2 Å². The number of amides is 1. The maximum atomic E-state index is 12.2. The highest BCUT2D eigenvalue weighted by Gasteiger charge is 2.12. The number of carbonyl (C=O) groups is 1. The molecule has 2 rings (SSSR count). The molecule has 1 amide bonds. The molecule has 1 N–H and O–H groups in total. The minimum Gasteiger partial charge on any atom is -0.467 e. The van der Waals surface area contributed by atoms with Gasteiger partial charge in [-0.05, 0) is 25.0 Å². The standard InChI is InChI=1S/C16H22N4O2/c1-3-7-20(8-4-2)15-10-14(18-12-19-15)16(21)17-11-13-6-5-9-22-13/h5-6,9-10,12H,3-4,7-8,11H2,1-2H3,(H,17,21). The summed E-state index contributed by atoms with van der Waals surface area (Å²) in [6, 6.07) is 5.34. The second-order valence-corrected chi connectivity index (χ2v) is 5.01. The quantitative estimate of drug-likeness (QED) is 0.811. The lowest BCUT2D eigenvalue weighted by Crippen LogP contribution is -2.28. The Morgan fingerprint density at radius 2 is 2.05 bits per heavy atom. The number of nitrogens with one attached hydrogen (secondary N) is 1. The van der Waals surface area contributed by atoms with Gasteiger partial charge in [0.2, 0.25) is 0 Å². The summed E-state index contributed by atoms with van der Waals surface area (Å²) in [4.78, 5) is 22.7. The predicted molar refractivity (Wildman–Crippen MR) is 84.7 cm³/mol. The average Bonchev–Trinajstić information content (AvgIpc) is 3.06. The van der Waals surface area contributed by atoms with Crippen molar-refractivity contribution in [3.63, 3.8) is 0 Å². The summed E-state index contributed by atoms with van der Waals surface area (Å²) < 4.78 is 5.19. The van der Waals surface area contributed by atoms with Crippen molar-refractivity contribution in [3.05, 3.63) is 42.2 Å². The van der Waals surface area contributed by atoms with Gasteiger partial charge in [-0.15, -0.1) is 0 Å². The summed E-state index contributed by atoms with van der Waals surface area (Å²) >= 11 is 0. The maximum Gasteiger partial charge on any atom is 0.270 e. The highest BCUT2D eigenvalue weighted by molar-refractivity contribution is 5.92. The first-order valence-electron chi connectivity index (χ1n) is 7.62. The number of hydrogen-bond acceptors (Lipinski definition) is 5. The lowest BCUT2D eigenvalue weighted by Gasteiger charge is -2.22. The molecular weight excluding hydrogens is 280 g/mol.